The SMILES string of the molecule is C1CCCC(C2CC3(CCCN2)CCSC3)CCCNCC1. The van der Waals surface area contributed by atoms with Gasteiger partial charge >= 0.3 is 0 Å². The molecule has 3 aliphatic heterocycles. The predicted molar refractivity (Wildman–Crippen MR) is 98.7 cm³/mol. The number of nitrogens with one attached hydrogen (secondary N) is 2. The molecule has 128 valence electrons. The van der Waals surface area contributed by atoms with Crippen molar-refractivity contribution in [3.63, 3.8) is 0 Å². The normalized spacial score (nSPS) is 39.3. The standard InChI is InChI=1S/C19H36N2S/c1-2-4-11-20-12-5-8-17(7-3-1)18-15-19(9-6-13-21-18)10-14-22-16-19/h17-18,20-21H,1-16H2. The zero-order chi connectivity index (χ0) is 15.1. The summed E-state index contributed by atoms with van der Waals surface area (Å²) in [5.74, 6) is 3.79. The molecule has 3 unspecified atom stereocenters. The maximum absolute atomic E-state index is 3.97. The average molecular weight is 325 g/mol. The van der Waals surface area contributed by atoms with Gasteiger partial charge in [0, 0.05) is 6.04 Å². The molecule has 0 aromatic rings. The van der Waals surface area contributed by atoms with Gasteiger partial charge in [0.1, 0.15) is 0 Å². The minimum absolute atomic E-state index is 0.698. The van der Waals surface area contributed by atoms with Crippen LogP contribution in [0.5, 0.6) is 0 Å². The number of rotatable bonds is 1. The van der Waals surface area contributed by atoms with E-state index in [0.29, 0.717) is 5.41 Å². The summed E-state index contributed by atoms with van der Waals surface area (Å²) in [5.41, 5.74) is 0.698. The van der Waals surface area contributed by atoms with Gasteiger partial charge in [-0.25, -0.2) is 0 Å². The van der Waals surface area contributed by atoms with Crippen LogP contribution in [0.1, 0.15) is 70.6 Å². The van der Waals surface area contributed by atoms with E-state index >= 15 is 0 Å². The van der Waals surface area contributed by atoms with Crippen LogP contribution in [-0.2, 0) is 0 Å². The molecule has 0 aromatic carbocycles. The lowest BCUT2D eigenvalue weighted by Crippen LogP contribution is -2.39. The van der Waals surface area contributed by atoms with E-state index in [1.54, 1.807) is 0 Å². The fourth-order valence-electron chi connectivity index (χ4n) is 4.90. The van der Waals surface area contributed by atoms with Crippen molar-refractivity contribution in [1.29, 1.82) is 0 Å². The predicted octanol–water partition coefficient (Wildman–Crippen LogP) is 4.20. The van der Waals surface area contributed by atoms with Crippen molar-refractivity contribution in [2.75, 3.05) is 31.1 Å². The van der Waals surface area contributed by atoms with Crippen LogP contribution < -0.4 is 10.6 Å². The Bertz CT molecular complexity index is 303. The number of thioether (sulfide) groups is 1. The highest BCUT2D eigenvalue weighted by Crippen LogP contribution is 2.46. The monoisotopic (exact) mass is 324 g/mol. The van der Waals surface area contributed by atoms with Gasteiger partial charge < -0.3 is 10.6 Å². The van der Waals surface area contributed by atoms with E-state index in [1.807, 2.05) is 0 Å². The van der Waals surface area contributed by atoms with Crippen LogP contribution >= 0.6 is 11.8 Å². The van der Waals surface area contributed by atoms with E-state index < -0.39 is 0 Å². The lowest BCUT2D eigenvalue weighted by atomic mass is 9.74. The fraction of sp³-hybridized carbons (Fsp3) is 1.00. The summed E-state index contributed by atoms with van der Waals surface area (Å²) in [6.07, 6.45) is 15.9. The molecule has 2 nitrogen and oxygen atoms in total. The summed E-state index contributed by atoms with van der Waals surface area (Å²) >= 11 is 2.22. The highest BCUT2D eigenvalue weighted by atomic mass is 32.2. The summed E-state index contributed by atoms with van der Waals surface area (Å²) in [6, 6.07) is 0.807. The molecule has 0 saturated carbocycles. The summed E-state index contributed by atoms with van der Waals surface area (Å²) in [5, 5.41) is 7.62. The van der Waals surface area contributed by atoms with Gasteiger partial charge in [-0.15, -0.1) is 0 Å². The lowest BCUT2D eigenvalue weighted by Gasteiger charge is -2.34. The van der Waals surface area contributed by atoms with E-state index in [0.717, 1.165) is 12.0 Å². The Morgan fingerprint density at radius 2 is 1.68 bits per heavy atom. The first kappa shape index (κ1) is 17.1. The van der Waals surface area contributed by atoms with Gasteiger partial charge in [0.25, 0.3) is 0 Å². The lowest BCUT2D eigenvalue weighted by molar-refractivity contribution is 0.214. The van der Waals surface area contributed by atoms with E-state index in [4.69, 9.17) is 0 Å². The second kappa shape index (κ2) is 8.94. The Labute approximate surface area is 142 Å². The van der Waals surface area contributed by atoms with Crippen molar-refractivity contribution in [2.45, 2.75) is 76.7 Å². The van der Waals surface area contributed by atoms with Crippen LogP contribution in [0.3, 0.4) is 0 Å². The Morgan fingerprint density at radius 3 is 2.59 bits per heavy atom. The summed E-state index contributed by atoms with van der Waals surface area (Å²) in [6.45, 7) is 3.75. The Hall–Kier alpha value is 0.270. The molecular weight excluding hydrogens is 288 g/mol. The summed E-state index contributed by atoms with van der Waals surface area (Å²) < 4.78 is 0. The summed E-state index contributed by atoms with van der Waals surface area (Å²) in [4.78, 5) is 0. The van der Waals surface area contributed by atoms with Crippen LogP contribution in [0.15, 0.2) is 0 Å². The van der Waals surface area contributed by atoms with Gasteiger partial charge in [-0.1, -0.05) is 19.3 Å². The average Bonchev–Trinajstić information content (AvgIpc) is 2.84. The molecule has 3 atom stereocenters. The minimum atomic E-state index is 0.698. The minimum Gasteiger partial charge on any atom is -0.317 e. The third kappa shape index (κ3) is 4.88. The number of hydrogen-bond donors (Lipinski definition) is 2. The molecule has 3 heterocycles. The van der Waals surface area contributed by atoms with Crippen LogP contribution in [0, 0.1) is 11.3 Å². The Balaban J connectivity index is 1.60. The topological polar surface area (TPSA) is 24.1 Å². The van der Waals surface area contributed by atoms with Gasteiger partial charge in [-0.2, -0.15) is 11.8 Å². The smallest absolute Gasteiger partial charge is 0.0101 e. The fourth-order valence-corrected chi connectivity index (χ4v) is 6.46. The molecule has 0 amide bonds. The van der Waals surface area contributed by atoms with Crippen molar-refractivity contribution in [1.82, 2.24) is 10.6 Å². The molecule has 3 rings (SSSR count). The molecule has 3 saturated heterocycles. The second-order valence-corrected chi connectivity index (χ2v) is 9.13. The van der Waals surface area contributed by atoms with Crippen molar-refractivity contribution < 1.29 is 0 Å². The third-order valence-corrected chi connectivity index (χ3v) is 7.61. The van der Waals surface area contributed by atoms with Crippen LogP contribution in [0.2, 0.25) is 0 Å². The number of hydrogen-bond acceptors (Lipinski definition) is 3. The second-order valence-electron chi connectivity index (χ2n) is 8.03. The largest absolute Gasteiger partial charge is 0.317 e. The van der Waals surface area contributed by atoms with Crippen molar-refractivity contribution in [2.24, 2.45) is 11.3 Å². The van der Waals surface area contributed by atoms with E-state index in [-0.39, 0.29) is 0 Å². The molecule has 0 bridgehead atoms. The van der Waals surface area contributed by atoms with Crippen LogP contribution in [0.4, 0.5) is 0 Å². The van der Waals surface area contributed by atoms with E-state index in [1.165, 1.54) is 102 Å². The Morgan fingerprint density at radius 1 is 0.818 bits per heavy atom. The highest BCUT2D eigenvalue weighted by molar-refractivity contribution is 7.99. The van der Waals surface area contributed by atoms with Crippen molar-refractivity contribution in [3.8, 4) is 0 Å². The maximum atomic E-state index is 3.97. The van der Waals surface area contributed by atoms with Crippen LogP contribution in [-0.4, -0.2) is 37.2 Å². The molecule has 3 heteroatoms. The highest BCUT2D eigenvalue weighted by Gasteiger charge is 2.39. The molecular formula is C19H36N2S. The first-order valence-electron chi connectivity index (χ1n) is 9.90. The zero-order valence-corrected chi connectivity index (χ0v) is 15.2. The Kier molecular flexibility index (Phi) is 6.95. The first-order valence-corrected chi connectivity index (χ1v) is 11.1. The third-order valence-electron chi connectivity index (χ3n) is 6.30. The first-order chi connectivity index (χ1) is 10.9. The quantitative estimate of drug-likeness (QED) is 0.756. The van der Waals surface area contributed by atoms with Gasteiger partial charge in [0.2, 0.25) is 0 Å². The summed E-state index contributed by atoms with van der Waals surface area (Å²) in [7, 11) is 0. The van der Waals surface area contributed by atoms with Gasteiger partial charge in [0.05, 0.1) is 0 Å². The molecule has 1 spiro atoms. The van der Waals surface area contributed by atoms with Crippen molar-refractivity contribution >= 4 is 11.8 Å². The molecule has 3 aliphatic rings. The maximum Gasteiger partial charge on any atom is 0.0101 e. The van der Waals surface area contributed by atoms with Gasteiger partial charge in [-0.3, -0.25) is 0 Å². The van der Waals surface area contributed by atoms with Gasteiger partial charge in [0.15, 0.2) is 0 Å². The molecule has 3 fully saturated rings. The molecule has 0 aliphatic carbocycles. The van der Waals surface area contributed by atoms with Crippen LogP contribution in [0.25, 0.3) is 0 Å². The molecule has 0 radical (unpaired) electrons. The van der Waals surface area contributed by atoms with E-state index in [9.17, 15) is 0 Å². The molecule has 0 aromatic heterocycles. The molecule has 22 heavy (non-hydrogen) atoms. The molecule has 2 N–H and O–H groups in total. The van der Waals surface area contributed by atoms with Gasteiger partial charge in [-0.05, 0) is 93.8 Å². The van der Waals surface area contributed by atoms with Crippen molar-refractivity contribution in [3.05, 3.63) is 0 Å². The van der Waals surface area contributed by atoms with E-state index in [2.05, 4.69) is 22.4 Å². The zero-order valence-electron chi connectivity index (χ0n) is 14.4.